The summed E-state index contributed by atoms with van der Waals surface area (Å²) in [7, 11) is -0.866. The molecule has 2 aromatic carbocycles. The standard InChI is InChI=1S/C21H28N2O6S/c1-6-27-17-13-15(14-18(28-7-2)20(17)29-8-3)21(24)22-16-11-9-10-12-19(16)30(25,26)23(4)5/h9-14H,6-8H2,1-5H3,(H,22,24). The van der Waals surface area contributed by atoms with Crippen LogP contribution in [0.25, 0.3) is 0 Å². The highest BCUT2D eigenvalue weighted by molar-refractivity contribution is 7.89. The van der Waals surface area contributed by atoms with E-state index in [1.165, 1.54) is 26.2 Å². The van der Waals surface area contributed by atoms with Gasteiger partial charge < -0.3 is 19.5 Å². The van der Waals surface area contributed by atoms with E-state index in [0.29, 0.717) is 37.1 Å². The Bertz CT molecular complexity index is 962. The van der Waals surface area contributed by atoms with Gasteiger partial charge in [0.25, 0.3) is 5.91 Å². The van der Waals surface area contributed by atoms with Gasteiger partial charge in [-0.15, -0.1) is 0 Å². The van der Waals surface area contributed by atoms with Crippen LogP contribution in [0.4, 0.5) is 5.69 Å². The van der Waals surface area contributed by atoms with Gasteiger partial charge in [-0.1, -0.05) is 12.1 Å². The molecule has 164 valence electrons. The van der Waals surface area contributed by atoms with Crippen molar-refractivity contribution in [2.75, 3.05) is 39.2 Å². The van der Waals surface area contributed by atoms with Crippen LogP contribution in [-0.4, -0.2) is 52.5 Å². The molecule has 30 heavy (non-hydrogen) atoms. The van der Waals surface area contributed by atoms with Crippen molar-refractivity contribution < 1.29 is 27.4 Å². The van der Waals surface area contributed by atoms with Crippen molar-refractivity contribution in [2.24, 2.45) is 0 Å². The largest absolute Gasteiger partial charge is 0.490 e. The number of carbonyl (C=O) groups excluding carboxylic acids is 1. The van der Waals surface area contributed by atoms with Gasteiger partial charge in [0.2, 0.25) is 15.8 Å². The Morgan fingerprint density at radius 3 is 1.97 bits per heavy atom. The van der Waals surface area contributed by atoms with Gasteiger partial charge in [-0.25, -0.2) is 12.7 Å². The van der Waals surface area contributed by atoms with Gasteiger partial charge >= 0.3 is 0 Å². The zero-order chi connectivity index (χ0) is 22.3. The van der Waals surface area contributed by atoms with Gasteiger partial charge in [-0.05, 0) is 45.0 Å². The van der Waals surface area contributed by atoms with E-state index in [1.54, 1.807) is 24.3 Å². The molecular formula is C21H28N2O6S. The number of amides is 1. The van der Waals surface area contributed by atoms with Crippen LogP contribution in [0.5, 0.6) is 17.2 Å². The number of nitrogens with one attached hydrogen (secondary N) is 1. The number of hydrogen-bond donors (Lipinski definition) is 1. The minimum Gasteiger partial charge on any atom is -0.490 e. The predicted molar refractivity (Wildman–Crippen MR) is 115 cm³/mol. The minimum atomic E-state index is -3.73. The molecule has 1 amide bonds. The maximum absolute atomic E-state index is 13.0. The first-order chi connectivity index (χ1) is 14.3. The number of benzene rings is 2. The SMILES string of the molecule is CCOc1cc(C(=O)Nc2ccccc2S(=O)(=O)N(C)C)cc(OCC)c1OCC. The maximum atomic E-state index is 13.0. The second-order valence-corrected chi connectivity index (χ2v) is 8.46. The Kier molecular flexibility index (Phi) is 8.08. The molecule has 2 rings (SSSR count). The van der Waals surface area contributed by atoms with Crippen molar-refractivity contribution in [2.45, 2.75) is 25.7 Å². The number of nitrogens with zero attached hydrogens (tertiary/aromatic N) is 1. The van der Waals surface area contributed by atoms with Gasteiger partial charge in [0, 0.05) is 19.7 Å². The van der Waals surface area contributed by atoms with Crippen LogP contribution in [-0.2, 0) is 10.0 Å². The minimum absolute atomic E-state index is 0.00403. The van der Waals surface area contributed by atoms with Crippen molar-refractivity contribution in [3.05, 3.63) is 42.0 Å². The number of rotatable bonds is 10. The summed E-state index contributed by atoms with van der Waals surface area (Å²) in [4.78, 5) is 13.0. The third-order valence-electron chi connectivity index (χ3n) is 4.07. The summed E-state index contributed by atoms with van der Waals surface area (Å²) < 4.78 is 43.2. The molecule has 9 heteroatoms. The van der Waals surface area contributed by atoms with Gasteiger partial charge in [0.1, 0.15) is 4.90 Å². The van der Waals surface area contributed by atoms with Crippen molar-refractivity contribution in [3.63, 3.8) is 0 Å². The van der Waals surface area contributed by atoms with Crippen LogP contribution < -0.4 is 19.5 Å². The lowest BCUT2D eigenvalue weighted by molar-refractivity contribution is 0.102. The lowest BCUT2D eigenvalue weighted by Crippen LogP contribution is -2.24. The topological polar surface area (TPSA) is 94.2 Å². The van der Waals surface area contributed by atoms with Crippen molar-refractivity contribution >= 4 is 21.6 Å². The molecule has 0 aliphatic heterocycles. The number of carbonyl (C=O) groups is 1. The number of para-hydroxylation sites is 1. The Labute approximate surface area is 177 Å². The summed E-state index contributed by atoms with van der Waals surface area (Å²) in [5.74, 6) is 0.684. The number of hydrogen-bond acceptors (Lipinski definition) is 6. The molecule has 2 aromatic rings. The molecule has 8 nitrogen and oxygen atoms in total. The zero-order valence-electron chi connectivity index (χ0n) is 17.9. The molecule has 0 aromatic heterocycles. The quantitative estimate of drug-likeness (QED) is 0.614. The summed E-state index contributed by atoms with van der Waals surface area (Å²) in [6.07, 6.45) is 0. The van der Waals surface area contributed by atoms with E-state index < -0.39 is 15.9 Å². The maximum Gasteiger partial charge on any atom is 0.255 e. The normalized spacial score (nSPS) is 11.3. The van der Waals surface area contributed by atoms with Crippen LogP contribution >= 0.6 is 0 Å². The first-order valence-corrected chi connectivity index (χ1v) is 11.1. The third-order valence-corrected chi connectivity index (χ3v) is 5.94. The number of ether oxygens (including phenoxy) is 3. The highest BCUT2D eigenvalue weighted by Gasteiger charge is 2.23. The molecule has 0 aliphatic rings. The second-order valence-electron chi connectivity index (χ2n) is 6.34. The van der Waals surface area contributed by atoms with Gasteiger partial charge in [-0.3, -0.25) is 4.79 Å². The first kappa shape index (κ1) is 23.5. The Balaban J connectivity index is 2.48. The third kappa shape index (κ3) is 5.22. The molecule has 0 unspecified atom stereocenters. The predicted octanol–water partition coefficient (Wildman–Crippen LogP) is 3.39. The molecule has 0 radical (unpaired) electrons. The van der Waals surface area contributed by atoms with E-state index in [-0.39, 0.29) is 16.1 Å². The summed E-state index contributed by atoms with van der Waals surface area (Å²) >= 11 is 0. The van der Waals surface area contributed by atoms with E-state index in [4.69, 9.17) is 14.2 Å². The van der Waals surface area contributed by atoms with Gasteiger partial charge in [0.15, 0.2) is 11.5 Å². The van der Waals surface area contributed by atoms with Crippen LogP contribution in [0.3, 0.4) is 0 Å². The molecular weight excluding hydrogens is 408 g/mol. The highest BCUT2D eigenvalue weighted by atomic mass is 32.2. The van der Waals surface area contributed by atoms with E-state index in [2.05, 4.69) is 5.32 Å². The van der Waals surface area contributed by atoms with Crippen LogP contribution in [0.1, 0.15) is 31.1 Å². The lowest BCUT2D eigenvalue weighted by Gasteiger charge is -2.18. The monoisotopic (exact) mass is 436 g/mol. The zero-order valence-corrected chi connectivity index (χ0v) is 18.7. The molecule has 0 fully saturated rings. The van der Waals surface area contributed by atoms with Crippen LogP contribution in [0.15, 0.2) is 41.3 Å². The molecule has 0 atom stereocenters. The van der Waals surface area contributed by atoms with Crippen molar-refractivity contribution in [1.82, 2.24) is 4.31 Å². The Morgan fingerprint density at radius 2 is 1.47 bits per heavy atom. The molecule has 0 heterocycles. The van der Waals surface area contributed by atoms with Crippen LogP contribution in [0.2, 0.25) is 0 Å². The first-order valence-electron chi connectivity index (χ1n) is 9.65. The second kappa shape index (κ2) is 10.3. The number of anilines is 1. The average molecular weight is 437 g/mol. The fourth-order valence-electron chi connectivity index (χ4n) is 2.71. The summed E-state index contributed by atoms with van der Waals surface area (Å²) in [6, 6.07) is 9.34. The molecule has 0 saturated heterocycles. The van der Waals surface area contributed by atoms with Gasteiger partial charge in [0.05, 0.1) is 25.5 Å². The number of sulfonamides is 1. The van der Waals surface area contributed by atoms with E-state index in [0.717, 1.165) is 4.31 Å². The highest BCUT2D eigenvalue weighted by Crippen LogP contribution is 2.39. The molecule has 1 N–H and O–H groups in total. The van der Waals surface area contributed by atoms with Crippen molar-refractivity contribution in [3.8, 4) is 17.2 Å². The van der Waals surface area contributed by atoms with Crippen LogP contribution in [0, 0.1) is 0 Å². The average Bonchev–Trinajstić information content (AvgIpc) is 2.70. The van der Waals surface area contributed by atoms with E-state index >= 15 is 0 Å². The summed E-state index contributed by atoms with van der Waals surface area (Å²) in [5, 5.41) is 2.68. The van der Waals surface area contributed by atoms with Crippen molar-refractivity contribution in [1.29, 1.82) is 0 Å². The Morgan fingerprint density at radius 1 is 0.933 bits per heavy atom. The smallest absolute Gasteiger partial charge is 0.255 e. The van der Waals surface area contributed by atoms with E-state index in [9.17, 15) is 13.2 Å². The Hall–Kier alpha value is -2.78. The lowest BCUT2D eigenvalue weighted by atomic mass is 10.1. The molecule has 0 aliphatic carbocycles. The summed E-state index contributed by atoms with van der Waals surface area (Å²) in [6.45, 7) is 6.65. The van der Waals surface area contributed by atoms with E-state index in [1.807, 2.05) is 20.8 Å². The molecule has 0 spiro atoms. The fraction of sp³-hybridized carbons (Fsp3) is 0.381. The fourth-order valence-corrected chi connectivity index (χ4v) is 3.75. The molecule has 0 bridgehead atoms. The summed E-state index contributed by atoms with van der Waals surface area (Å²) in [5.41, 5.74) is 0.434. The van der Waals surface area contributed by atoms with Gasteiger partial charge in [-0.2, -0.15) is 0 Å². The molecule has 0 saturated carbocycles.